The van der Waals surface area contributed by atoms with Crippen molar-refractivity contribution >= 4 is 42.4 Å². The van der Waals surface area contributed by atoms with Gasteiger partial charge in [-0.3, -0.25) is 14.6 Å². The molecule has 0 radical (unpaired) electrons. The van der Waals surface area contributed by atoms with Gasteiger partial charge in [-0.2, -0.15) is 0 Å². The van der Waals surface area contributed by atoms with E-state index in [0.717, 1.165) is 25.2 Å². The molecule has 1 aliphatic rings. The second-order valence-electron chi connectivity index (χ2n) is 7.61. The van der Waals surface area contributed by atoms with Crippen molar-refractivity contribution < 1.29 is 26.7 Å². The average molecular weight is 496 g/mol. The normalized spacial score (nSPS) is 15.1. The first kappa shape index (κ1) is 23.7. The molecular weight excluding hydrogens is 472 g/mol. The Morgan fingerprint density at radius 3 is 2.55 bits per heavy atom. The SMILES string of the molecule is O=C(CCS(=O)(=O)c1ccc(F)cc1)N(CCN1CCOCC1)c1nc2c(F)cccc2s1. The molecule has 3 aromatic rings. The molecule has 0 N–H and O–H groups in total. The first-order chi connectivity index (χ1) is 15.8. The predicted molar refractivity (Wildman–Crippen MR) is 122 cm³/mol. The monoisotopic (exact) mass is 495 g/mol. The molecule has 33 heavy (non-hydrogen) atoms. The minimum Gasteiger partial charge on any atom is -0.379 e. The Labute approximate surface area is 194 Å². The van der Waals surface area contributed by atoms with E-state index in [1.807, 2.05) is 0 Å². The number of ether oxygens (including phenoxy) is 1. The van der Waals surface area contributed by atoms with Crippen molar-refractivity contribution in [2.45, 2.75) is 11.3 Å². The van der Waals surface area contributed by atoms with E-state index in [0.29, 0.717) is 29.6 Å². The Morgan fingerprint density at radius 2 is 1.85 bits per heavy atom. The van der Waals surface area contributed by atoms with Crippen LogP contribution >= 0.6 is 11.3 Å². The highest BCUT2D eigenvalue weighted by Gasteiger charge is 2.25. The van der Waals surface area contributed by atoms with Crippen LogP contribution in [0, 0.1) is 11.6 Å². The molecule has 0 unspecified atom stereocenters. The van der Waals surface area contributed by atoms with E-state index in [1.54, 1.807) is 12.1 Å². The maximum atomic E-state index is 14.2. The summed E-state index contributed by atoms with van der Waals surface area (Å²) in [5.74, 6) is -1.87. The Morgan fingerprint density at radius 1 is 1.12 bits per heavy atom. The molecule has 11 heteroatoms. The van der Waals surface area contributed by atoms with Crippen LogP contribution in [0.25, 0.3) is 10.2 Å². The molecular formula is C22H23F2N3O4S2. The van der Waals surface area contributed by atoms with E-state index >= 15 is 0 Å². The topological polar surface area (TPSA) is 79.8 Å². The smallest absolute Gasteiger partial charge is 0.229 e. The number of carbonyl (C=O) groups is 1. The zero-order valence-electron chi connectivity index (χ0n) is 17.7. The number of rotatable bonds is 8. The lowest BCUT2D eigenvalue weighted by molar-refractivity contribution is -0.118. The lowest BCUT2D eigenvalue weighted by atomic mass is 10.3. The second kappa shape index (κ2) is 10.2. The van der Waals surface area contributed by atoms with Gasteiger partial charge in [-0.15, -0.1) is 0 Å². The molecule has 1 aliphatic heterocycles. The molecule has 0 saturated carbocycles. The number of para-hydroxylation sites is 1. The lowest BCUT2D eigenvalue weighted by Crippen LogP contribution is -2.43. The van der Waals surface area contributed by atoms with Crippen LogP contribution in [0.1, 0.15) is 6.42 Å². The van der Waals surface area contributed by atoms with Gasteiger partial charge in [-0.25, -0.2) is 22.2 Å². The van der Waals surface area contributed by atoms with Gasteiger partial charge in [0.1, 0.15) is 17.2 Å². The summed E-state index contributed by atoms with van der Waals surface area (Å²) in [7, 11) is -3.77. The van der Waals surface area contributed by atoms with Crippen molar-refractivity contribution in [3.05, 3.63) is 54.1 Å². The van der Waals surface area contributed by atoms with Crippen LogP contribution in [0.2, 0.25) is 0 Å². The summed E-state index contributed by atoms with van der Waals surface area (Å²) in [4.78, 5) is 21.0. The summed E-state index contributed by atoms with van der Waals surface area (Å²) in [6, 6.07) is 9.11. The van der Waals surface area contributed by atoms with E-state index in [4.69, 9.17) is 4.74 Å². The predicted octanol–water partition coefficient (Wildman–Crippen LogP) is 3.10. The standard InChI is InChI=1S/C22H23F2N3O4S2/c23-16-4-6-17(7-5-16)33(29,30)15-8-20(28)27(10-9-26-11-13-31-14-12-26)22-25-21-18(24)2-1-3-19(21)32-22/h1-7H,8-15H2. The minimum absolute atomic E-state index is 0.0429. The minimum atomic E-state index is -3.77. The summed E-state index contributed by atoms with van der Waals surface area (Å²) in [5, 5.41) is 0.326. The molecule has 7 nitrogen and oxygen atoms in total. The number of hydrogen-bond acceptors (Lipinski definition) is 7. The Balaban J connectivity index is 1.52. The van der Waals surface area contributed by atoms with Crippen molar-refractivity contribution in [2.75, 3.05) is 50.0 Å². The van der Waals surface area contributed by atoms with Crippen molar-refractivity contribution in [3.63, 3.8) is 0 Å². The first-order valence-electron chi connectivity index (χ1n) is 10.5. The van der Waals surface area contributed by atoms with Gasteiger partial charge < -0.3 is 4.74 Å². The molecule has 4 rings (SSSR count). The number of sulfone groups is 1. The zero-order chi connectivity index (χ0) is 23.4. The summed E-state index contributed by atoms with van der Waals surface area (Å²) < 4.78 is 58.5. The number of fused-ring (bicyclic) bond motifs is 1. The fraction of sp³-hybridized carbons (Fsp3) is 0.364. The number of thiazole rings is 1. The molecule has 0 aliphatic carbocycles. The van der Waals surface area contributed by atoms with Crippen molar-refractivity contribution in [2.24, 2.45) is 0 Å². The highest BCUT2D eigenvalue weighted by atomic mass is 32.2. The summed E-state index contributed by atoms with van der Waals surface area (Å²) in [5.41, 5.74) is 0.181. The van der Waals surface area contributed by atoms with Gasteiger partial charge in [0, 0.05) is 32.6 Å². The van der Waals surface area contributed by atoms with Crippen LogP contribution < -0.4 is 4.90 Å². The number of carbonyl (C=O) groups excluding carboxylic acids is 1. The van der Waals surface area contributed by atoms with E-state index < -0.39 is 33.1 Å². The number of anilines is 1. The molecule has 1 saturated heterocycles. The molecule has 0 spiro atoms. The Kier molecular flexibility index (Phi) is 7.32. The van der Waals surface area contributed by atoms with Gasteiger partial charge in [-0.05, 0) is 36.4 Å². The van der Waals surface area contributed by atoms with Gasteiger partial charge in [0.15, 0.2) is 15.0 Å². The van der Waals surface area contributed by atoms with Crippen LogP contribution in [-0.4, -0.2) is 69.4 Å². The van der Waals surface area contributed by atoms with Crippen molar-refractivity contribution in [1.82, 2.24) is 9.88 Å². The second-order valence-corrected chi connectivity index (χ2v) is 10.7. The quantitative estimate of drug-likeness (QED) is 0.447. The van der Waals surface area contributed by atoms with Crippen molar-refractivity contribution in [3.8, 4) is 0 Å². The fourth-order valence-corrected chi connectivity index (χ4v) is 5.78. The number of hydrogen-bond donors (Lipinski definition) is 0. The molecule has 1 fully saturated rings. The van der Waals surface area contributed by atoms with Gasteiger partial charge >= 0.3 is 0 Å². The van der Waals surface area contributed by atoms with E-state index in [1.165, 1.54) is 34.4 Å². The van der Waals surface area contributed by atoms with Gasteiger partial charge in [0.05, 0.1) is 28.6 Å². The highest BCUT2D eigenvalue weighted by Crippen LogP contribution is 2.30. The van der Waals surface area contributed by atoms with E-state index in [9.17, 15) is 22.0 Å². The molecule has 1 aromatic heterocycles. The maximum absolute atomic E-state index is 14.2. The van der Waals surface area contributed by atoms with Gasteiger partial charge in [-0.1, -0.05) is 17.4 Å². The highest BCUT2D eigenvalue weighted by molar-refractivity contribution is 7.91. The third kappa shape index (κ3) is 5.72. The molecule has 0 bridgehead atoms. The van der Waals surface area contributed by atoms with Crippen LogP contribution in [0.3, 0.4) is 0 Å². The third-order valence-electron chi connectivity index (χ3n) is 5.39. The van der Waals surface area contributed by atoms with E-state index in [2.05, 4.69) is 9.88 Å². The number of amides is 1. The Bertz CT molecular complexity index is 1230. The van der Waals surface area contributed by atoms with Crippen LogP contribution in [0.5, 0.6) is 0 Å². The summed E-state index contributed by atoms with van der Waals surface area (Å²) in [6.45, 7) is 3.52. The molecule has 0 atom stereocenters. The molecule has 2 heterocycles. The van der Waals surface area contributed by atoms with Crippen LogP contribution in [0.15, 0.2) is 47.4 Å². The van der Waals surface area contributed by atoms with Crippen molar-refractivity contribution in [1.29, 1.82) is 0 Å². The van der Waals surface area contributed by atoms with Crippen LogP contribution in [0.4, 0.5) is 13.9 Å². The van der Waals surface area contributed by atoms with E-state index in [-0.39, 0.29) is 23.4 Å². The number of nitrogens with zero attached hydrogens (tertiary/aromatic N) is 3. The molecule has 176 valence electrons. The number of morpholine rings is 1. The third-order valence-corrected chi connectivity index (χ3v) is 8.17. The maximum Gasteiger partial charge on any atom is 0.229 e. The fourth-order valence-electron chi connectivity index (χ4n) is 3.53. The lowest BCUT2D eigenvalue weighted by Gasteiger charge is -2.29. The zero-order valence-corrected chi connectivity index (χ0v) is 19.4. The Hall–Kier alpha value is -2.47. The van der Waals surface area contributed by atoms with Crippen LogP contribution in [-0.2, 0) is 19.4 Å². The molecule has 2 aromatic carbocycles. The van der Waals surface area contributed by atoms with Gasteiger partial charge in [0.2, 0.25) is 5.91 Å². The largest absolute Gasteiger partial charge is 0.379 e. The first-order valence-corrected chi connectivity index (χ1v) is 12.9. The number of aromatic nitrogens is 1. The summed E-state index contributed by atoms with van der Waals surface area (Å²) >= 11 is 1.19. The summed E-state index contributed by atoms with van der Waals surface area (Å²) in [6.07, 6.45) is -0.277. The van der Waals surface area contributed by atoms with Gasteiger partial charge in [0.25, 0.3) is 0 Å². The molecule has 1 amide bonds. The number of benzene rings is 2. The average Bonchev–Trinajstić information content (AvgIpc) is 3.24. The number of halogens is 2.